The Morgan fingerprint density at radius 1 is 0.300 bits per heavy atom. The minimum atomic E-state index is -0.174. The molecule has 0 radical (unpaired) electrons. The molecule has 0 nitrogen and oxygen atoms in total. The van der Waals surface area contributed by atoms with Gasteiger partial charge >= 0.3 is 0 Å². The van der Waals surface area contributed by atoms with Crippen LogP contribution in [0, 0.1) is 0 Å². The summed E-state index contributed by atoms with van der Waals surface area (Å²) < 4.78 is 0. The van der Waals surface area contributed by atoms with Crippen molar-refractivity contribution >= 4 is 21.5 Å². The van der Waals surface area contributed by atoms with Crippen molar-refractivity contribution in [2.45, 2.75) is 38.5 Å². The van der Waals surface area contributed by atoms with Gasteiger partial charge in [-0.05, 0) is 105 Å². The maximum atomic E-state index is 2.55. The van der Waals surface area contributed by atoms with Crippen LogP contribution < -0.4 is 0 Å². The zero-order valence-corrected chi connectivity index (χ0v) is 29.0. The predicted octanol–water partition coefficient (Wildman–Crippen LogP) is 13.6. The van der Waals surface area contributed by atoms with E-state index in [9.17, 15) is 0 Å². The highest BCUT2D eigenvalue weighted by Crippen LogP contribution is 2.62. The van der Waals surface area contributed by atoms with Gasteiger partial charge < -0.3 is 0 Å². The first-order valence-electron chi connectivity index (χ1n) is 17.9. The van der Waals surface area contributed by atoms with E-state index in [-0.39, 0.29) is 10.8 Å². The molecule has 0 unspecified atom stereocenters. The summed E-state index contributed by atoms with van der Waals surface area (Å²) in [4.78, 5) is 0. The van der Waals surface area contributed by atoms with E-state index in [1.165, 1.54) is 99.4 Å². The average Bonchev–Trinajstić information content (AvgIpc) is 3.53. The van der Waals surface area contributed by atoms with Crippen LogP contribution in [0.15, 0.2) is 158 Å². The zero-order valence-electron chi connectivity index (χ0n) is 29.0. The maximum absolute atomic E-state index is 2.55. The SMILES string of the molecule is CC1(C)c2ccccc2-c2c1cc1c(c2-c2c3ccccc3c(-c3ccc(-c4ccccc4)cc3)c3ccccc23)C(C)(C)c2ccccc2-1. The molecule has 0 saturated carbocycles. The zero-order chi connectivity index (χ0) is 33.8. The minimum Gasteiger partial charge on any atom is -0.0622 e. The van der Waals surface area contributed by atoms with Gasteiger partial charge in [0.1, 0.15) is 0 Å². The van der Waals surface area contributed by atoms with Crippen LogP contribution in [0.5, 0.6) is 0 Å². The molecular formula is C50H38. The van der Waals surface area contributed by atoms with Crippen LogP contribution in [0.3, 0.4) is 0 Å². The largest absolute Gasteiger partial charge is 0.0622 e. The van der Waals surface area contributed by atoms with Crippen molar-refractivity contribution in [3.63, 3.8) is 0 Å². The van der Waals surface area contributed by atoms with Gasteiger partial charge in [0.2, 0.25) is 0 Å². The van der Waals surface area contributed by atoms with E-state index in [1.54, 1.807) is 0 Å². The van der Waals surface area contributed by atoms with Crippen molar-refractivity contribution < 1.29 is 0 Å². The van der Waals surface area contributed by atoms with Crippen LogP contribution in [-0.2, 0) is 10.8 Å². The van der Waals surface area contributed by atoms with Gasteiger partial charge in [0.15, 0.2) is 0 Å². The molecule has 0 heteroatoms. The first kappa shape index (κ1) is 29.2. The Balaban J connectivity index is 1.35. The lowest BCUT2D eigenvalue weighted by Crippen LogP contribution is -2.18. The van der Waals surface area contributed by atoms with E-state index in [2.05, 4.69) is 185 Å². The van der Waals surface area contributed by atoms with Crippen LogP contribution in [0.1, 0.15) is 49.9 Å². The molecule has 8 aromatic rings. The number of benzene rings is 8. The van der Waals surface area contributed by atoms with Gasteiger partial charge in [-0.25, -0.2) is 0 Å². The van der Waals surface area contributed by atoms with Gasteiger partial charge in [0.25, 0.3) is 0 Å². The molecule has 50 heavy (non-hydrogen) atoms. The minimum absolute atomic E-state index is 0.122. The fourth-order valence-corrected chi connectivity index (χ4v) is 9.52. The molecule has 0 aromatic heterocycles. The predicted molar refractivity (Wildman–Crippen MR) is 213 cm³/mol. The molecule has 0 fully saturated rings. The molecule has 0 saturated heterocycles. The van der Waals surface area contributed by atoms with Crippen LogP contribution in [0.25, 0.3) is 77.2 Å². The number of rotatable bonds is 3. The van der Waals surface area contributed by atoms with Crippen LogP contribution in [0.2, 0.25) is 0 Å². The van der Waals surface area contributed by atoms with Crippen molar-refractivity contribution in [1.82, 2.24) is 0 Å². The number of fused-ring (bicyclic) bond motifs is 8. The van der Waals surface area contributed by atoms with E-state index < -0.39 is 0 Å². The molecule has 0 bridgehead atoms. The van der Waals surface area contributed by atoms with Crippen molar-refractivity contribution in [1.29, 1.82) is 0 Å². The summed E-state index contributed by atoms with van der Waals surface area (Å²) >= 11 is 0. The highest BCUT2D eigenvalue weighted by Gasteiger charge is 2.45. The summed E-state index contributed by atoms with van der Waals surface area (Å²) in [5.41, 5.74) is 18.7. The Hall–Kier alpha value is -5.72. The maximum Gasteiger partial charge on any atom is 0.0165 e. The second-order valence-corrected chi connectivity index (χ2v) is 15.2. The smallest absolute Gasteiger partial charge is 0.0165 e. The van der Waals surface area contributed by atoms with Crippen molar-refractivity contribution in [3.05, 3.63) is 180 Å². The van der Waals surface area contributed by atoms with E-state index in [1.807, 2.05) is 0 Å². The van der Waals surface area contributed by atoms with Crippen molar-refractivity contribution in [2.75, 3.05) is 0 Å². The van der Waals surface area contributed by atoms with Gasteiger partial charge in [-0.1, -0.05) is 179 Å². The molecule has 0 atom stereocenters. The van der Waals surface area contributed by atoms with E-state index in [4.69, 9.17) is 0 Å². The topological polar surface area (TPSA) is 0 Å². The number of hydrogen-bond donors (Lipinski definition) is 0. The lowest BCUT2D eigenvalue weighted by Gasteiger charge is -2.29. The third kappa shape index (κ3) is 3.88. The van der Waals surface area contributed by atoms with E-state index in [0.29, 0.717) is 0 Å². The Morgan fingerprint density at radius 3 is 1.38 bits per heavy atom. The molecule has 0 amide bonds. The molecule has 238 valence electrons. The Bertz CT molecular complexity index is 2610. The summed E-state index contributed by atoms with van der Waals surface area (Å²) in [6, 6.07) is 58.9. The van der Waals surface area contributed by atoms with E-state index >= 15 is 0 Å². The van der Waals surface area contributed by atoms with Crippen molar-refractivity contribution in [2.24, 2.45) is 0 Å². The Kier molecular flexibility index (Phi) is 6.07. The second-order valence-electron chi connectivity index (χ2n) is 15.2. The first-order valence-corrected chi connectivity index (χ1v) is 17.9. The molecular weight excluding hydrogens is 601 g/mol. The molecule has 0 aliphatic heterocycles. The van der Waals surface area contributed by atoms with Crippen LogP contribution in [0.4, 0.5) is 0 Å². The molecule has 10 rings (SSSR count). The molecule has 0 heterocycles. The summed E-state index contributed by atoms with van der Waals surface area (Å²) in [6.07, 6.45) is 0. The van der Waals surface area contributed by atoms with Gasteiger partial charge in [0, 0.05) is 10.8 Å². The highest BCUT2D eigenvalue weighted by molar-refractivity contribution is 6.24. The first-order chi connectivity index (χ1) is 24.4. The standard InChI is InChI=1S/C50H38/c1-49(2)42-25-15-13-23-39(42)46-43(49)30-40-34-18-12-14-24-41(34)50(3,4)48(40)47(46)45-37-21-10-8-19-35(37)44(36-20-9-11-22-38(36)45)33-28-26-32(27-29-33)31-16-6-5-7-17-31/h5-30H,1-4H3. The number of hydrogen-bond acceptors (Lipinski definition) is 0. The van der Waals surface area contributed by atoms with Crippen LogP contribution in [-0.4, -0.2) is 0 Å². The third-order valence-electron chi connectivity index (χ3n) is 11.8. The summed E-state index contributed by atoms with van der Waals surface area (Å²) in [5, 5.41) is 5.19. The molecule has 2 aliphatic carbocycles. The summed E-state index contributed by atoms with van der Waals surface area (Å²) in [5.74, 6) is 0. The molecule has 2 aliphatic rings. The fraction of sp³-hybridized carbons (Fsp3) is 0.120. The van der Waals surface area contributed by atoms with Gasteiger partial charge in [-0.3, -0.25) is 0 Å². The molecule has 0 spiro atoms. The van der Waals surface area contributed by atoms with Crippen LogP contribution >= 0.6 is 0 Å². The lowest BCUT2D eigenvalue weighted by molar-refractivity contribution is 0.653. The average molecular weight is 639 g/mol. The highest BCUT2D eigenvalue weighted by atomic mass is 14.5. The lowest BCUT2D eigenvalue weighted by atomic mass is 9.73. The fourth-order valence-electron chi connectivity index (χ4n) is 9.52. The Morgan fingerprint density at radius 2 is 0.760 bits per heavy atom. The van der Waals surface area contributed by atoms with Crippen molar-refractivity contribution in [3.8, 4) is 55.6 Å². The monoisotopic (exact) mass is 638 g/mol. The molecule has 0 N–H and O–H groups in total. The van der Waals surface area contributed by atoms with E-state index in [0.717, 1.165) is 0 Å². The van der Waals surface area contributed by atoms with Gasteiger partial charge in [-0.2, -0.15) is 0 Å². The normalized spacial score (nSPS) is 14.7. The van der Waals surface area contributed by atoms with Gasteiger partial charge in [-0.15, -0.1) is 0 Å². The Labute approximate surface area is 294 Å². The van der Waals surface area contributed by atoms with Gasteiger partial charge in [0.05, 0.1) is 0 Å². The second kappa shape index (κ2) is 10.4. The molecule has 8 aromatic carbocycles. The summed E-state index contributed by atoms with van der Waals surface area (Å²) in [6.45, 7) is 9.70. The quantitative estimate of drug-likeness (QED) is 0.169. The third-order valence-corrected chi connectivity index (χ3v) is 11.8. The summed E-state index contributed by atoms with van der Waals surface area (Å²) in [7, 11) is 0.